The van der Waals surface area contributed by atoms with Crippen LogP contribution in [0.4, 0.5) is 5.69 Å². The number of rotatable bonds is 7. The fraction of sp³-hybridized carbons (Fsp3) is 0.389. The predicted octanol–water partition coefficient (Wildman–Crippen LogP) is 3.67. The van der Waals surface area contributed by atoms with Crippen LogP contribution in [0.5, 0.6) is 0 Å². The van der Waals surface area contributed by atoms with E-state index in [1.807, 2.05) is 45.0 Å². The third kappa shape index (κ3) is 5.94. The quantitative estimate of drug-likeness (QED) is 0.654. The maximum Gasteiger partial charge on any atom is 0.304 e. The number of carbonyl (C=O) groups is 2. The molecular formula is C18H23N3O3S. The van der Waals surface area contributed by atoms with Crippen molar-refractivity contribution in [3.63, 3.8) is 0 Å². The van der Waals surface area contributed by atoms with Crippen LogP contribution in [0.3, 0.4) is 0 Å². The summed E-state index contributed by atoms with van der Waals surface area (Å²) in [5, 5.41) is 18.5. The van der Waals surface area contributed by atoms with Crippen LogP contribution < -0.4 is 5.32 Å². The van der Waals surface area contributed by atoms with E-state index in [4.69, 9.17) is 5.11 Å². The van der Waals surface area contributed by atoms with E-state index in [1.165, 1.54) is 0 Å². The zero-order valence-corrected chi connectivity index (χ0v) is 15.4. The molecule has 25 heavy (non-hydrogen) atoms. The Morgan fingerprint density at radius 3 is 2.68 bits per heavy atom. The minimum atomic E-state index is -0.790. The summed E-state index contributed by atoms with van der Waals surface area (Å²) in [6.45, 7) is 6.15. The second-order valence-electron chi connectivity index (χ2n) is 6.77. The molecule has 0 radical (unpaired) electrons. The Hall–Kier alpha value is -2.28. The molecule has 1 amide bonds. The van der Waals surface area contributed by atoms with Gasteiger partial charge in [0.25, 0.3) is 5.91 Å². The standard InChI is InChI=1S/C18H23N3O3S/c1-18(2,3)15-10-14(20-21-15)17(24)19-13-6-4-5-12(9-13)11-25-8-7-16(22)23/h4-6,9-10H,7-8,11H2,1-3H3,(H,19,24)(H,20,21)(H,22,23). The summed E-state index contributed by atoms with van der Waals surface area (Å²) < 4.78 is 0. The molecule has 2 aromatic rings. The molecule has 134 valence electrons. The maximum atomic E-state index is 12.3. The lowest BCUT2D eigenvalue weighted by atomic mass is 9.92. The van der Waals surface area contributed by atoms with Gasteiger partial charge in [0, 0.05) is 28.3 Å². The van der Waals surface area contributed by atoms with Gasteiger partial charge in [-0.2, -0.15) is 16.9 Å². The van der Waals surface area contributed by atoms with Crippen LogP contribution in [0.15, 0.2) is 30.3 Å². The zero-order valence-electron chi connectivity index (χ0n) is 14.6. The Morgan fingerprint density at radius 2 is 2.04 bits per heavy atom. The number of H-pyrrole nitrogens is 1. The first-order chi connectivity index (χ1) is 11.8. The number of aromatic nitrogens is 2. The number of hydrogen-bond acceptors (Lipinski definition) is 4. The average Bonchev–Trinajstić information content (AvgIpc) is 3.02. The smallest absolute Gasteiger partial charge is 0.304 e. The first kappa shape index (κ1) is 19.1. The molecule has 1 heterocycles. The number of nitrogens with zero attached hydrogens (tertiary/aromatic N) is 1. The number of carboxylic acid groups (broad SMARTS) is 1. The summed E-state index contributed by atoms with van der Waals surface area (Å²) in [6, 6.07) is 9.30. The van der Waals surface area contributed by atoms with E-state index in [9.17, 15) is 9.59 Å². The van der Waals surface area contributed by atoms with Gasteiger partial charge in [0.05, 0.1) is 6.42 Å². The van der Waals surface area contributed by atoms with Crippen molar-refractivity contribution in [2.75, 3.05) is 11.1 Å². The minimum absolute atomic E-state index is 0.0986. The van der Waals surface area contributed by atoms with Crippen molar-refractivity contribution in [3.05, 3.63) is 47.3 Å². The molecule has 0 bridgehead atoms. The monoisotopic (exact) mass is 361 g/mol. The molecule has 0 aliphatic heterocycles. The van der Waals surface area contributed by atoms with E-state index in [0.29, 0.717) is 22.9 Å². The van der Waals surface area contributed by atoms with Gasteiger partial charge in [-0.15, -0.1) is 0 Å². The highest BCUT2D eigenvalue weighted by Gasteiger charge is 2.19. The number of hydrogen-bond donors (Lipinski definition) is 3. The van der Waals surface area contributed by atoms with Gasteiger partial charge in [-0.1, -0.05) is 32.9 Å². The molecule has 2 rings (SSSR count). The van der Waals surface area contributed by atoms with Gasteiger partial charge in [-0.25, -0.2) is 0 Å². The SMILES string of the molecule is CC(C)(C)c1cc(C(=O)Nc2cccc(CSCCC(=O)O)c2)n[nH]1. The molecule has 6 nitrogen and oxygen atoms in total. The summed E-state index contributed by atoms with van der Waals surface area (Å²) in [7, 11) is 0. The van der Waals surface area contributed by atoms with Gasteiger partial charge in [0.15, 0.2) is 5.69 Å². The Kier molecular flexibility index (Phi) is 6.25. The fourth-order valence-corrected chi connectivity index (χ4v) is 2.98. The van der Waals surface area contributed by atoms with Gasteiger partial charge >= 0.3 is 5.97 Å². The summed E-state index contributed by atoms with van der Waals surface area (Å²) >= 11 is 1.55. The number of anilines is 1. The van der Waals surface area contributed by atoms with Crippen molar-refractivity contribution in [2.45, 2.75) is 38.4 Å². The van der Waals surface area contributed by atoms with E-state index >= 15 is 0 Å². The van der Waals surface area contributed by atoms with Crippen molar-refractivity contribution in [1.29, 1.82) is 0 Å². The van der Waals surface area contributed by atoms with Crippen molar-refractivity contribution < 1.29 is 14.7 Å². The first-order valence-corrected chi connectivity index (χ1v) is 9.17. The Bertz CT molecular complexity index is 750. The number of carbonyl (C=O) groups excluding carboxylic acids is 1. The lowest BCUT2D eigenvalue weighted by Crippen LogP contribution is -2.13. The van der Waals surface area contributed by atoms with E-state index in [0.717, 1.165) is 11.3 Å². The molecule has 7 heteroatoms. The van der Waals surface area contributed by atoms with Crippen molar-refractivity contribution in [1.82, 2.24) is 10.2 Å². The van der Waals surface area contributed by atoms with Gasteiger partial charge < -0.3 is 10.4 Å². The van der Waals surface area contributed by atoms with Gasteiger partial charge in [0.1, 0.15) is 0 Å². The Morgan fingerprint density at radius 1 is 1.28 bits per heavy atom. The first-order valence-electron chi connectivity index (χ1n) is 8.01. The number of nitrogens with one attached hydrogen (secondary N) is 2. The molecule has 0 saturated carbocycles. The third-order valence-electron chi connectivity index (χ3n) is 3.53. The summed E-state index contributed by atoms with van der Waals surface area (Å²) in [5.41, 5.74) is 2.89. The number of benzene rings is 1. The molecule has 0 aliphatic rings. The molecule has 3 N–H and O–H groups in total. The lowest BCUT2D eigenvalue weighted by molar-refractivity contribution is -0.136. The molecule has 0 atom stereocenters. The number of carboxylic acids is 1. The van der Waals surface area contributed by atoms with Gasteiger partial charge in [-0.05, 0) is 23.8 Å². The van der Waals surface area contributed by atoms with E-state index in [1.54, 1.807) is 17.8 Å². The third-order valence-corrected chi connectivity index (χ3v) is 4.56. The molecule has 0 saturated heterocycles. The summed E-state index contributed by atoms with van der Waals surface area (Å²) in [5.74, 6) is 0.215. The molecule has 0 spiro atoms. The number of aliphatic carboxylic acids is 1. The topological polar surface area (TPSA) is 95.1 Å². The summed E-state index contributed by atoms with van der Waals surface area (Å²) in [6.07, 6.45) is 0.149. The Labute approximate surface area is 151 Å². The van der Waals surface area contributed by atoms with Gasteiger partial charge in [-0.3, -0.25) is 14.7 Å². The van der Waals surface area contributed by atoms with E-state index in [2.05, 4.69) is 15.5 Å². The fourth-order valence-electron chi connectivity index (χ4n) is 2.11. The molecule has 1 aromatic carbocycles. The van der Waals surface area contributed by atoms with E-state index in [-0.39, 0.29) is 17.7 Å². The van der Waals surface area contributed by atoms with Crippen LogP contribution in [0.1, 0.15) is 48.9 Å². The largest absolute Gasteiger partial charge is 0.481 e. The molecule has 0 aliphatic carbocycles. The van der Waals surface area contributed by atoms with Crippen LogP contribution in [-0.4, -0.2) is 32.9 Å². The van der Waals surface area contributed by atoms with E-state index < -0.39 is 5.97 Å². The number of aromatic amines is 1. The van der Waals surface area contributed by atoms with Crippen LogP contribution in [-0.2, 0) is 16.0 Å². The lowest BCUT2D eigenvalue weighted by Gasteiger charge is -2.14. The number of amides is 1. The predicted molar refractivity (Wildman–Crippen MR) is 100 cm³/mol. The van der Waals surface area contributed by atoms with Crippen LogP contribution in [0.2, 0.25) is 0 Å². The highest BCUT2D eigenvalue weighted by molar-refractivity contribution is 7.98. The highest BCUT2D eigenvalue weighted by atomic mass is 32.2. The summed E-state index contributed by atoms with van der Waals surface area (Å²) in [4.78, 5) is 22.9. The molecule has 0 unspecified atom stereocenters. The molecular weight excluding hydrogens is 338 g/mol. The molecule has 1 aromatic heterocycles. The zero-order chi connectivity index (χ0) is 18.4. The van der Waals surface area contributed by atoms with Crippen molar-refractivity contribution >= 4 is 29.3 Å². The second kappa shape index (κ2) is 8.20. The maximum absolute atomic E-state index is 12.3. The van der Waals surface area contributed by atoms with Crippen LogP contribution in [0.25, 0.3) is 0 Å². The second-order valence-corrected chi connectivity index (χ2v) is 7.87. The highest BCUT2D eigenvalue weighted by Crippen LogP contribution is 2.21. The average molecular weight is 361 g/mol. The van der Waals surface area contributed by atoms with Crippen molar-refractivity contribution in [2.24, 2.45) is 0 Å². The van der Waals surface area contributed by atoms with Crippen molar-refractivity contribution in [3.8, 4) is 0 Å². The Balaban J connectivity index is 1.95. The number of thioether (sulfide) groups is 1. The van der Waals surface area contributed by atoms with Crippen LogP contribution in [0, 0.1) is 0 Å². The van der Waals surface area contributed by atoms with Gasteiger partial charge in [0.2, 0.25) is 0 Å². The molecule has 0 fully saturated rings. The normalized spacial score (nSPS) is 11.3. The van der Waals surface area contributed by atoms with Crippen LogP contribution >= 0.6 is 11.8 Å². The minimum Gasteiger partial charge on any atom is -0.481 e.